The van der Waals surface area contributed by atoms with Crippen molar-refractivity contribution in [2.24, 2.45) is 0 Å². The van der Waals surface area contributed by atoms with Crippen molar-refractivity contribution in [1.29, 1.82) is 0 Å². The average Bonchev–Trinajstić information content (AvgIpc) is 2.74. The van der Waals surface area contributed by atoms with E-state index < -0.39 is 5.54 Å². The molecule has 0 unspecified atom stereocenters. The SMILES string of the molecule is Cc1noc(C)c1C(=O)NC1(c2ccc(F)cc2)CCC1. The van der Waals surface area contributed by atoms with Gasteiger partial charge >= 0.3 is 0 Å². The lowest BCUT2D eigenvalue weighted by atomic mass is 9.71. The zero-order valence-corrected chi connectivity index (χ0v) is 12.1. The van der Waals surface area contributed by atoms with Crippen molar-refractivity contribution in [3.63, 3.8) is 0 Å². The maximum atomic E-state index is 13.1. The Balaban J connectivity index is 1.88. The van der Waals surface area contributed by atoms with E-state index in [9.17, 15) is 9.18 Å². The summed E-state index contributed by atoms with van der Waals surface area (Å²) in [7, 11) is 0. The van der Waals surface area contributed by atoms with E-state index in [2.05, 4.69) is 10.5 Å². The summed E-state index contributed by atoms with van der Waals surface area (Å²) in [5.41, 5.74) is 1.61. The molecule has 0 atom stereocenters. The Hall–Kier alpha value is -2.17. The lowest BCUT2D eigenvalue weighted by Crippen LogP contribution is -2.51. The summed E-state index contributed by atoms with van der Waals surface area (Å²) in [6.45, 7) is 3.47. The molecule has 1 aromatic carbocycles. The molecule has 1 aliphatic carbocycles. The largest absolute Gasteiger partial charge is 0.361 e. The molecule has 1 aromatic heterocycles. The number of benzene rings is 1. The molecular formula is C16H17FN2O2. The van der Waals surface area contributed by atoms with Crippen LogP contribution in [-0.2, 0) is 5.54 Å². The van der Waals surface area contributed by atoms with Gasteiger partial charge in [-0.3, -0.25) is 4.79 Å². The van der Waals surface area contributed by atoms with Crippen molar-refractivity contribution >= 4 is 5.91 Å². The minimum atomic E-state index is -0.402. The number of rotatable bonds is 3. The Bertz CT molecular complexity index is 653. The quantitative estimate of drug-likeness (QED) is 0.943. The molecule has 1 amide bonds. The van der Waals surface area contributed by atoms with Gasteiger partial charge in [0.1, 0.15) is 17.1 Å². The summed E-state index contributed by atoms with van der Waals surface area (Å²) < 4.78 is 18.1. The highest BCUT2D eigenvalue weighted by atomic mass is 19.1. The number of aryl methyl sites for hydroxylation is 2. The number of halogens is 1. The molecule has 5 heteroatoms. The number of nitrogens with zero attached hydrogens (tertiary/aromatic N) is 1. The van der Waals surface area contributed by atoms with E-state index >= 15 is 0 Å². The fraction of sp³-hybridized carbons (Fsp3) is 0.375. The molecular weight excluding hydrogens is 271 g/mol. The van der Waals surface area contributed by atoms with Crippen LogP contribution in [0.1, 0.15) is 46.6 Å². The molecule has 0 spiro atoms. The molecule has 1 heterocycles. The van der Waals surface area contributed by atoms with E-state index in [0.717, 1.165) is 24.8 Å². The summed E-state index contributed by atoms with van der Waals surface area (Å²) in [6, 6.07) is 6.33. The maximum absolute atomic E-state index is 13.1. The zero-order valence-electron chi connectivity index (χ0n) is 12.1. The van der Waals surface area contributed by atoms with Crippen LogP contribution in [0.5, 0.6) is 0 Å². The van der Waals surface area contributed by atoms with Crippen molar-refractivity contribution in [3.8, 4) is 0 Å². The number of nitrogens with one attached hydrogen (secondary N) is 1. The number of carbonyl (C=O) groups is 1. The van der Waals surface area contributed by atoms with Gasteiger partial charge in [-0.05, 0) is 50.8 Å². The molecule has 0 saturated heterocycles. The molecule has 110 valence electrons. The Morgan fingerprint density at radius 1 is 1.29 bits per heavy atom. The van der Waals surface area contributed by atoms with Crippen molar-refractivity contribution in [1.82, 2.24) is 10.5 Å². The lowest BCUT2D eigenvalue weighted by Gasteiger charge is -2.43. The van der Waals surface area contributed by atoms with E-state index in [1.54, 1.807) is 26.0 Å². The van der Waals surface area contributed by atoms with Crippen LogP contribution in [0.4, 0.5) is 4.39 Å². The van der Waals surface area contributed by atoms with Crippen molar-refractivity contribution in [3.05, 3.63) is 52.7 Å². The molecule has 4 nitrogen and oxygen atoms in total. The van der Waals surface area contributed by atoms with Crippen LogP contribution >= 0.6 is 0 Å². The number of carbonyl (C=O) groups excluding carboxylic acids is 1. The summed E-state index contributed by atoms with van der Waals surface area (Å²) in [6.07, 6.45) is 2.75. The third kappa shape index (κ3) is 2.33. The van der Waals surface area contributed by atoms with Crippen molar-refractivity contribution < 1.29 is 13.7 Å². The van der Waals surface area contributed by atoms with Crippen LogP contribution in [0.25, 0.3) is 0 Å². The fourth-order valence-electron chi connectivity index (χ4n) is 2.87. The molecule has 0 bridgehead atoms. The number of amides is 1. The van der Waals surface area contributed by atoms with Crippen LogP contribution in [0.3, 0.4) is 0 Å². The lowest BCUT2D eigenvalue weighted by molar-refractivity contribution is 0.0821. The van der Waals surface area contributed by atoms with Gasteiger partial charge in [-0.1, -0.05) is 17.3 Å². The fourth-order valence-corrected chi connectivity index (χ4v) is 2.87. The second kappa shape index (κ2) is 4.98. The third-order valence-electron chi connectivity index (χ3n) is 4.22. The summed E-state index contributed by atoms with van der Waals surface area (Å²) in [4.78, 5) is 12.5. The molecule has 1 saturated carbocycles. The number of hydrogen-bond acceptors (Lipinski definition) is 3. The highest BCUT2D eigenvalue weighted by Crippen LogP contribution is 2.41. The molecule has 21 heavy (non-hydrogen) atoms. The monoisotopic (exact) mass is 288 g/mol. The highest BCUT2D eigenvalue weighted by Gasteiger charge is 2.40. The van der Waals surface area contributed by atoms with Gasteiger partial charge in [0.2, 0.25) is 0 Å². The van der Waals surface area contributed by atoms with E-state index in [1.807, 2.05) is 0 Å². The van der Waals surface area contributed by atoms with Crippen LogP contribution in [0.2, 0.25) is 0 Å². The van der Waals surface area contributed by atoms with Crippen LogP contribution in [-0.4, -0.2) is 11.1 Å². The molecule has 0 radical (unpaired) electrons. The topological polar surface area (TPSA) is 55.1 Å². The minimum Gasteiger partial charge on any atom is -0.361 e. The zero-order chi connectivity index (χ0) is 15.0. The van der Waals surface area contributed by atoms with Gasteiger partial charge in [0.25, 0.3) is 5.91 Å². The standard InChI is InChI=1S/C16H17FN2O2/c1-10-14(11(2)21-19-10)15(20)18-16(8-3-9-16)12-4-6-13(17)7-5-12/h4-7H,3,8-9H2,1-2H3,(H,18,20). The number of hydrogen-bond donors (Lipinski definition) is 1. The van der Waals surface area contributed by atoms with Crippen LogP contribution in [0, 0.1) is 19.7 Å². The van der Waals surface area contributed by atoms with Gasteiger partial charge in [-0.25, -0.2) is 4.39 Å². The van der Waals surface area contributed by atoms with Crippen molar-refractivity contribution in [2.75, 3.05) is 0 Å². The highest BCUT2D eigenvalue weighted by molar-refractivity contribution is 5.96. The van der Waals surface area contributed by atoms with E-state index in [-0.39, 0.29) is 11.7 Å². The first-order valence-electron chi connectivity index (χ1n) is 7.03. The first-order chi connectivity index (χ1) is 10.0. The Labute approximate surface area is 122 Å². The molecule has 0 aliphatic heterocycles. The number of aromatic nitrogens is 1. The van der Waals surface area contributed by atoms with Crippen LogP contribution < -0.4 is 5.32 Å². The average molecular weight is 288 g/mol. The predicted molar refractivity (Wildman–Crippen MR) is 75.4 cm³/mol. The van der Waals surface area contributed by atoms with E-state index in [1.165, 1.54) is 12.1 Å². The van der Waals surface area contributed by atoms with Gasteiger partial charge in [0, 0.05) is 0 Å². The van der Waals surface area contributed by atoms with Gasteiger partial charge < -0.3 is 9.84 Å². The third-order valence-corrected chi connectivity index (χ3v) is 4.22. The first kappa shape index (κ1) is 13.8. The van der Waals surface area contributed by atoms with Crippen LogP contribution in [0.15, 0.2) is 28.8 Å². The van der Waals surface area contributed by atoms with Crippen molar-refractivity contribution in [2.45, 2.75) is 38.6 Å². The Morgan fingerprint density at radius 3 is 2.43 bits per heavy atom. The van der Waals surface area contributed by atoms with Gasteiger partial charge in [-0.2, -0.15) is 0 Å². The molecule has 1 N–H and O–H groups in total. The van der Waals surface area contributed by atoms with Gasteiger partial charge in [-0.15, -0.1) is 0 Å². The second-order valence-corrected chi connectivity index (χ2v) is 5.60. The normalized spacial score (nSPS) is 16.3. The second-order valence-electron chi connectivity index (χ2n) is 5.60. The minimum absolute atomic E-state index is 0.185. The molecule has 1 fully saturated rings. The Kier molecular flexibility index (Phi) is 3.27. The predicted octanol–water partition coefficient (Wildman–Crippen LogP) is 3.24. The molecule has 1 aliphatic rings. The molecule has 2 aromatic rings. The smallest absolute Gasteiger partial charge is 0.257 e. The Morgan fingerprint density at radius 2 is 1.95 bits per heavy atom. The van der Waals surface area contributed by atoms with Gasteiger partial charge in [0.15, 0.2) is 0 Å². The summed E-state index contributed by atoms with van der Waals surface area (Å²) in [5.74, 6) is 0.0547. The van der Waals surface area contributed by atoms with E-state index in [0.29, 0.717) is 17.0 Å². The van der Waals surface area contributed by atoms with Gasteiger partial charge in [0.05, 0.1) is 11.2 Å². The molecule has 3 rings (SSSR count). The summed E-state index contributed by atoms with van der Waals surface area (Å²) >= 11 is 0. The first-order valence-corrected chi connectivity index (χ1v) is 7.03. The van der Waals surface area contributed by atoms with E-state index in [4.69, 9.17) is 4.52 Å². The maximum Gasteiger partial charge on any atom is 0.257 e. The summed E-state index contributed by atoms with van der Waals surface area (Å²) in [5, 5.41) is 6.90.